The molecule has 4 heteroatoms. The highest BCUT2D eigenvalue weighted by Gasteiger charge is 2.00. The van der Waals surface area contributed by atoms with Gasteiger partial charge >= 0.3 is 0 Å². The first-order valence-corrected chi connectivity index (χ1v) is 6.02. The molecule has 1 atom stereocenters. The summed E-state index contributed by atoms with van der Waals surface area (Å²) in [4.78, 5) is 4.18. The molecule has 1 N–H and O–H groups in total. The van der Waals surface area contributed by atoms with Gasteiger partial charge in [0.15, 0.2) is 0 Å². The van der Waals surface area contributed by atoms with Gasteiger partial charge in [-0.25, -0.2) is 4.98 Å². The van der Waals surface area contributed by atoms with Crippen LogP contribution in [-0.4, -0.2) is 28.5 Å². The normalized spacial score (nSPS) is 13.0. The van der Waals surface area contributed by atoms with Gasteiger partial charge in [-0.3, -0.25) is 0 Å². The topological polar surface area (TPSA) is 29.9 Å². The Morgan fingerprint density at radius 2 is 2.40 bits per heavy atom. The number of alkyl halides is 1. The predicted octanol–water partition coefficient (Wildman–Crippen LogP) is 2.05. The molecule has 0 radical (unpaired) electrons. The van der Waals surface area contributed by atoms with E-state index in [1.54, 1.807) is 0 Å². The van der Waals surface area contributed by atoms with Crippen LogP contribution >= 0.6 is 11.6 Å². The first-order chi connectivity index (χ1) is 7.24. The van der Waals surface area contributed by atoms with Crippen LogP contribution in [0.25, 0.3) is 0 Å². The summed E-state index contributed by atoms with van der Waals surface area (Å²) in [5.74, 6) is 2.49. The van der Waals surface area contributed by atoms with E-state index in [0.29, 0.717) is 5.92 Å². The van der Waals surface area contributed by atoms with Gasteiger partial charge in [0.1, 0.15) is 5.82 Å². The number of rotatable bonds is 7. The molecule has 0 aromatic carbocycles. The lowest BCUT2D eigenvalue weighted by molar-refractivity contribution is 0.485. The van der Waals surface area contributed by atoms with Crippen LogP contribution in [0.15, 0.2) is 12.4 Å². The summed E-state index contributed by atoms with van der Waals surface area (Å²) >= 11 is 5.67. The number of aryl methyl sites for hydroxylation is 1. The second-order valence-corrected chi connectivity index (χ2v) is 4.33. The largest absolute Gasteiger partial charge is 0.334 e. The van der Waals surface area contributed by atoms with Crippen molar-refractivity contribution in [3.8, 4) is 0 Å². The third kappa shape index (κ3) is 4.67. The third-order valence-corrected chi connectivity index (χ3v) is 2.77. The second kappa shape index (κ2) is 6.85. The maximum atomic E-state index is 5.67. The van der Waals surface area contributed by atoms with Crippen molar-refractivity contribution < 1.29 is 0 Å². The Balaban J connectivity index is 2.09. The maximum Gasteiger partial charge on any atom is 0.105 e. The van der Waals surface area contributed by atoms with E-state index in [2.05, 4.69) is 21.8 Å². The summed E-state index contributed by atoms with van der Waals surface area (Å²) in [5, 5.41) is 3.43. The number of halogens is 1. The average Bonchev–Trinajstić information content (AvgIpc) is 2.60. The fourth-order valence-electron chi connectivity index (χ4n) is 1.48. The van der Waals surface area contributed by atoms with Crippen LogP contribution in [-0.2, 0) is 6.54 Å². The molecule has 1 heterocycles. The molecule has 1 aromatic heterocycles. The van der Waals surface area contributed by atoms with Crippen molar-refractivity contribution in [1.29, 1.82) is 0 Å². The first-order valence-electron chi connectivity index (χ1n) is 5.48. The highest BCUT2D eigenvalue weighted by Crippen LogP contribution is 2.01. The molecule has 3 nitrogen and oxygen atoms in total. The molecule has 0 fully saturated rings. The monoisotopic (exact) mass is 229 g/mol. The number of hydrogen-bond acceptors (Lipinski definition) is 2. The van der Waals surface area contributed by atoms with Gasteiger partial charge < -0.3 is 9.88 Å². The lowest BCUT2D eigenvalue weighted by atomic mass is 10.1. The SMILES string of the molecule is Cc1nccn1CCNCC(C)CCCl. The van der Waals surface area contributed by atoms with Crippen molar-refractivity contribution in [3.05, 3.63) is 18.2 Å². The Morgan fingerprint density at radius 3 is 3.00 bits per heavy atom. The third-order valence-electron chi connectivity index (χ3n) is 2.55. The minimum Gasteiger partial charge on any atom is -0.334 e. The van der Waals surface area contributed by atoms with Crippen LogP contribution in [0.2, 0.25) is 0 Å². The predicted molar refractivity (Wildman–Crippen MR) is 64.3 cm³/mol. The van der Waals surface area contributed by atoms with Crippen LogP contribution < -0.4 is 5.32 Å². The minimum atomic E-state index is 0.659. The molecule has 0 amide bonds. The second-order valence-electron chi connectivity index (χ2n) is 3.95. The molecular formula is C11H20ClN3. The molecular weight excluding hydrogens is 210 g/mol. The van der Waals surface area contributed by atoms with Crippen molar-refractivity contribution in [2.24, 2.45) is 5.92 Å². The molecule has 0 bridgehead atoms. The van der Waals surface area contributed by atoms with E-state index in [-0.39, 0.29) is 0 Å². The Bertz CT molecular complexity index is 273. The number of aromatic nitrogens is 2. The molecule has 15 heavy (non-hydrogen) atoms. The van der Waals surface area contributed by atoms with Crippen molar-refractivity contribution in [3.63, 3.8) is 0 Å². The number of hydrogen-bond donors (Lipinski definition) is 1. The quantitative estimate of drug-likeness (QED) is 0.573. The fourth-order valence-corrected chi connectivity index (χ4v) is 1.85. The van der Waals surface area contributed by atoms with E-state index in [4.69, 9.17) is 11.6 Å². The van der Waals surface area contributed by atoms with Gasteiger partial charge in [0.05, 0.1) is 0 Å². The number of nitrogens with one attached hydrogen (secondary N) is 1. The highest BCUT2D eigenvalue weighted by molar-refractivity contribution is 6.17. The Kier molecular flexibility index (Phi) is 5.73. The van der Waals surface area contributed by atoms with Crippen LogP contribution in [0.3, 0.4) is 0 Å². The van der Waals surface area contributed by atoms with Crippen LogP contribution in [0.4, 0.5) is 0 Å². The summed E-state index contributed by atoms with van der Waals surface area (Å²) < 4.78 is 2.15. The van der Waals surface area contributed by atoms with Gasteiger partial charge in [0.25, 0.3) is 0 Å². The van der Waals surface area contributed by atoms with Crippen molar-refractivity contribution in [2.75, 3.05) is 19.0 Å². The summed E-state index contributed by atoms with van der Waals surface area (Å²) in [6.45, 7) is 7.26. The summed E-state index contributed by atoms with van der Waals surface area (Å²) in [6, 6.07) is 0. The molecule has 0 aliphatic carbocycles. The summed E-state index contributed by atoms with van der Waals surface area (Å²) in [6.07, 6.45) is 4.93. The van der Waals surface area contributed by atoms with Gasteiger partial charge in [-0.1, -0.05) is 6.92 Å². The average molecular weight is 230 g/mol. The maximum absolute atomic E-state index is 5.67. The molecule has 1 unspecified atom stereocenters. The van der Waals surface area contributed by atoms with Crippen molar-refractivity contribution in [1.82, 2.24) is 14.9 Å². The molecule has 0 aliphatic rings. The smallest absolute Gasteiger partial charge is 0.105 e. The van der Waals surface area contributed by atoms with E-state index in [0.717, 1.165) is 37.8 Å². The van der Waals surface area contributed by atoms with Gasteiger partial charge in [-0.05, 0) is 25.8 Å². The Labute approximate surface area is 96.8 Å². The van der Waals surface area contributed by atoms with Crippen molar-refractivity contribution in [2.45, 2.75) is 26.8 Å². The fraction of sp³-hybridized carbons (Fsp3) is 0.727. The standard InChI is InChI=1S/C11H20ClN3/c1-10(3-4-12)9-13-5-7-15-8-6-14-11(15)2/h6,8,10,13H,3-5,7,9H2,1-2H3. The lowest BCUT2D eigenvalue weighted by Crippen LogP contribution is -2.25. The van der Waals surface area contributed by atoms with E-state index in [1.807, 2.05) is 19.3 Å². The number of imidazole rings is 1. The zero-order valence-electron chi connectivity index (χ0n) is 9.54. The van der Waals surface area contributed by atoms with Gasteiger partial charge in [-0.2, -0.15) is 0 Å². The Morgan fingerprint density at radius 1 is 1.60 bits per heavy atom. The zero-order valence-corrected chi connectivity index (χ0v) is 10.3. The lowest BCUT2D eigenvalue weighted by Gasteiger charge is -2.11. The molecule has 1 aromatic rings. The molecule has 0 saturated carbocycles. The van der Waals surface area contributed by atoms with E-state index < -0.39 is 0 Å². The summed E-state index contributed by atoms with van der Waals surface area (Å²) in [7, 11) is 0. The molecule has 0 spiro atoms. The van der Waals surface area contributed by atoms with E-state index in [9.17, 15) is 0 Å². The van der Waals surface area contributed by atoms with Crippen LogP contribution in [0.5, 0.6) is 0 Å². The molecule has 0 saturated heterocycles. The van der Waals surface area contributed by atoms with Crippen LogP contribution in [0, 0.1) is 12.8 Å². The van der Waals surface area contributed by atoms with E-state index in [1.165, 1.54) is 0 Å². The molecule has 0 aliphatic heterocycles. The first kappa shape index (κ1) is 12.5. The summed E-state index contributed by atoms with van der Waals surface area (Å²) in [5.41, 5.74) is 0. The zero-order chi connectivity index (χ0) is 11.1. The van der Waals surface area contributed by atoms with Gasteiger partial charge in [0.2, 0.25) is 0 Å². The highest BCUT2D eigenvalue weighted by atomic mass is 35.5. The van der Waals surface area contributed by atoms with Gasteiger partial charge in [-0.15, -0.1) is 11.6 Å². The molecule has 1 rings (SSSR count). The minimum absolute atomic E-state index is 0.659. The Hall–Kier alpha value is -0.540. The van der Waals surface area contributed by atoms with Crippen LogP contribution in [0.1, 0.15) is 19.2 Å². The van der Waals surface area contributed by atoms with Crippen molar-refractivity contribution >= 4 is 11.6 Å². The van der Waals surface area contributed by atoms with E-state index >= 15 is 0 Å². The molecule has 86 valence electrons. The van der Waals surface area contributed by atoms with Gasteiger partial charge in [0, 0.05) is 31.4 Å². The number of nitrogens with zero attached hydrogens (tertiary/aromatic N) is 2.